The molecule has 1 amide bonds. The summed E-state index contributed by atoms with van der Waals surface area (Å²) in [6.07, 6.45) is 1.41. The molecule has 0 bridgehead atoms. The molecule has 100 valence electrons. The molecule has 0 spiro atoms. The highest BCUT2D eigenvalue weighted by Crippen LogP contribution is 2.05. The molecule has 0 saturated heterocycles. The number of aromatic hydroxyl groups is 1. The van der Waals surface area contributed by atoms with E-state index in [0.717, 1.165) is 6.42 Å². The van der Waals surface area contributed by atoms with Gasteiger partial charge in [0.05, 0.1) is 5.69 Å². The van der Waals surface area contributed by atoms with Gasteiger partial charge in [0.25, 0.3) is 0 Å². The highest BCUT2D eigenvalue weighted by molar-refractivity contribution is 5.76. The third-order valence-electron chi connectivity index (χ3n) is 2.56. The Morgan fingerprint density at radius 3 is 2.94 bits per heavy atom. The van der Waals surface area contributed by atoms with Crippen LogP contribution in [0, 0.1) is 0 Å². The maximum Gasteiger partial charge on any atom is 0.306 e. The molecular weight excluding hydrogens is 236 g/mol. The van der Waals surface area contributed by atoms with E-state index in [1.807, 2.05) is 0 Å². The zero-order valence-corrected chi connectivity index (χ0v) is 10.3. The number of aromatic nitrogens is 2. The van der Waals surface area contributed by atoms with Gasteiger partial charge in [-0.15, -0.1) is 0 Å². The quantitative estimate of drug-likeness (QED) is 0.616. The van der Waals surface area contributed by atoms with E-state index in [4.69, 9.17) is 5.73 Å². The molecule has 0 aliphatic heterocycles. The van der Waals surface area contributed by atoms with Crippen LogP contribution in [0.15, 0.2) is 10.9 Å². The van der Waals surface area contributed by atoms with Crippen LogP contribution in [0.25, 0.3) is 0 Å². The lowest BCUT2D eigenvalue weighted by Gasteiger charge is -2.16. The topological polar surface area (TPSA) is 112 Å². The van der Waals surface area contributed by atoms with E-state index in [0.29, 0.717) is 25.2 Å². The highest BCUT2D eigenvalue weighted by atomic mass is 16.3. The Hall–Kier alpha value is -1.89. The number of rotatable bonds is 6. The minimum Gasteiger partial charge on any atom is -0.503 e. The van der Waals surface area contributed by atoms with E-state index >= 15 is 0 Å². The summed E-state index contributed by atoms with van der Waals surface area (Å²) in [6, 6.07) is 1.27. The van der Waals surface area contributed by atoms with Crippen molar-refractivity contribution in [2.24, 2.45) is 5.73 Å². The maximum atomic E-state index is 11.7. The molecule has 1 aromatic rings. The fourth-order valence-corrected chi connectivity index (χ4v) is 1.44. The first-order valence-electron chi connectivity index (χ1n) is 5.76. The van der Waals surface area contributed by atoms with E-state index in [1.54, 1.807) is 11.9 Å². The number of amides is 1. The maximum absolute atomic E-state index is 11.7. The Morgan fingerprint density at radius 2 is 2.33 bits per heavy atom. The lowest BCUT2D eigenvalue weighted by molar-refractivity contribution is -0.129. The summed E-state index contributed by atoms with van der Waals surface area (Å²) >= 11 is 0. The second kappa shape index (κ2) is 6.75. The first-order valence-corrected chi connectivity index (χ1v) is 5.76. The molecule has 0 radical (unpaired) electrons. The van der Waals surface area contributed by atoms with E-state index in [1.165, 1.54) is 6.07 Å². The van der Waals surface area contributed by atoms with Gasteiger partial charge in [-0.3, -0.25) is 9.59 Å². The highest BCUT2D eigenvalue weighted by Gasteiger charge is 2.09. The zero-order chi connectivity index (χ0) is 13.5. The third-order valence-corrected chi connectivity index (χ3v) is 2.56. The molecule has 18 heavy (non-hydrogen) atoms. The number of nitrogens with two attached hydrogens (primary N) is 1. The smallest absolute Gasteiger partial charge is 0.306 e. The Kier molecular flexibility index (Phi) is 5.31. The minimum atomic E-state index is -0.634. The number of H-pyrrole nitrogens is 1. The second-order valence-electron chi connectivity index (χ2n) is 4.03. The lowest BCUT2D eigenvalue weighted by atomic mass is 10.2. The van der Waals surface area contributed by atoms with Crippen LogP contribution in [0.5, 0.6) is 5.75 Å². The third kappa shape index (κ3) is 4.17. The van der Waals surface area contributed by atoms with Crippen LogP contribution in [0.3, 0.4) is 0 Å². The van der Waals surface area contributed by atoms with Crippen molar-refractivity contribution >= 4 is 5.91 Å². The summed E-state index contributed by atoms with van der Waals surface area (Å²) < 4.78 is 0. The molecule has 7 heteroatoms. The molecule has 1 aromatic heterocycles. The molecule has 7 nitrogen and oxygen atoms in total. The van der Waals surface area contributed by atoms with Crippen molar-refractivity contribution in [1.82, 2.24) is 15.1 Å². The Bertz CT molecular complexity index is 458. The van der Waals surface area contributed by atoms with Gasteiger partial charge in [-0.05, 0) is 13.0 Å². The summed E-state index contributed by atoms with van der Waals surface area (Å²) in [5, 5.41) is 15.1. The number of nitrogens with zero attached hydrogens (tertiary/aromatic N) is 2. The van der Waals surface area contributed by atoms with Gasteiger partial charge < -0.3 is 15.7 Å². The Balaban J connectivity index is 2.46. The van der Waals surface area contributed by atoms with Crippen molar-refractivity contribution in [3.8, 4) is 5.75 Å². The fourth-order valence-electron chi connectivity index (χ4n) is 1.44. The van der Waals surface area contributed by atoms with Crippen molar-refractivity contribution in [2.45, 2.75) is 19.3 Å². The molecule has 0 aliphatic carbocycles. The van der Waals surface area contributed by atoms with Gasteiger partial charge >= 0.3 is 5.56 Å². The van der Waals surface area contributed by atoms with Gasteiger partial charge in [-0.2, -0.15) is 5.10 Å². The molecule has 1 rings (SSSR count). The normalized spacial score (nSPS) is 10.3. The predicted molar refractivity (Wildman–Crippen MR) is 66.2 cm³/mol. The number of carbonyl (C=O) groups is 1. The molecule has 0 aliphatic rings. The van der Waals surface area contributed by atoms with Crippen molar-refractivity contribution in [1.29, 1.82) is 0 Å². The molecule has 0 unspecified atom stereocenters. The molecule has 0 fully saturated rings. The van der Waals surface area contributed by atoms with Crippen LogP contribution in [0.2, 0.25) is 0 Å². The number of hydrogen-bond donors (Lipinski definition) is 3. The van der Waals surface area contributed by atoms with Gasteiger partial charge in [0, 0.05) is 32.5 Å². The minimum absolute atomic E-state index is 0.0176. The average Bonchev–Trinajstić information content (AvgIpc) is 2.36. The van der Waals surface area contributed by atoms with E-state index in [9.17, 15) is 14.7 Å². The standard InChI is InChI=1S/C11H18N4O3/c1-15(6-2-5-12)10(17)4-3-8-7-9(16)11(18)14-13-8/h7H,2-6,12H2,1H3,(H,13,16)(H,14,18). The number of carbonyl (C=O) groups excluding carboxylic acids is 1. The van der Waals surface area contributed by atoms with Crippen LogP contribution in [-0.4, -0.2) is 46.2 Å². The van der Waals surface area contributed by atoms with E-state index < -0.39 is 5.56 Å². The van der Waals surface area contributed by atoms with Gasteiger partial charge in [-0.1, -0.05) is 0 Å². The van der Waals surface area contributed by atoms with Crippen molar-refractivity contribution < 1.29 is 9.90 Å². The molecule has 0 atom stereocenters. The summed E-state index contributed by atoms with van der Waals surface area (Å²) in [6.45, 7) is 1.17. The largest absolute Gasteiger partial charge is 0.503 e. The summed E-state index contributed by atoms with van der Waals surface area (Å²) in [5.74, 6) is -0.403. The second-order valence-corrected chi connectivity index (χ2v) is 4.03. The number of aromatic amines is 1. The Morgan fingerprint density at radius 1 is 1.61 bits per heavy atom. The molecule has 0 saturated carbocycles. The lowest BCUT2D eigenvalue weighted by Crippen LogP contribution is -2.29. The van der Waals surface area contributed by atoms with Crippen LogP contribution >= 0.6 is 0 Å². The predicted octanol–water partition coefficient (Wildman–Crippen LogP) is -0.785. The van der Waals surface area contributed by atoms with Crippen LogP contribution in [0.4, 0.5) is 0 Å². The number of nitrogens with one attached hydrogen (secondary N) is 1. The van der Waals surface area contributed by atoms with Crippen molar-refractivity contribution in [3.05, 3.63) is 22.1 Å². The van der Waals surface area contributed by atoms with Gasteiger partial charge in [0.15, 0.2) is 5.75 Å². The van der Waals surface area contributed by atoms with E-state index in [-0.39, 0.29) is 18.1 Å². The summed E-state index contributed by atoms with van der Waals surface area (Å²) in [5.41, 5.74) is 5.21. The van der Waals surface area contributed by atoms with Gasteiger partial charge in [-0.25, -0.2) is 5.10 Å². The van der Waals surface area contributed by atoms with Crippen LogP contribution in [0.1, 0.15) is 18.5 Å². The van der Waals surface area contributed by atoms with Crippen molar-refractivity contribution in [3.63, 3.8) is 0 Å². The summed E-state index contributed by atoms with van der Waals surface area (Å²) in [4.78, 5) is 24.2. The molecular formula is C11H18N4O3. The average molecular weight is 254 g/mol. The van der Waals surface area contributed by atoms with Crippen LogP contribution < -0.4 is 11.3 Å². The first kappa shape index (κ1) is 14.2. The SMILES string of the molecule is CN(CCCN)C(=O)CCc1cc(O)c(=O)[nH]n1. The van der Waals surface area contributed by atoms with Gasteiger partial charge in [0.1, 0.15) is 0 Å². The van der Waals surface area contributed by atoms with E-state index in [2.05, 4.69) is 10.2 Å². The van der Waals surface area contributed by atoms with Crippen molar-refractivity contribution in [2.75, 3.05) is 20.1 Å². The number of aryl methyl sites for hydroxylation is 1. The molecule has 0 aromatic carbocycles. The van der Waals surface area contributed by atoms with Crippen LogP contribution in [-0.2, 0) is 11.2 Å². The fraction of sp³-hybridized carbons (Fsp3) is 0.545. The number of hydrogen-bond acceptors (Lipinski definition) is 5. The molecule has 1 heterocycles. The summed E-state index contributed by atoms with van der Waals surface area (Å²) in [7, 11) is 1.72. The Labute approximate surface area is 105 Å². The monoisotopic (exact) mass is 254 g/mol. The first-order chi connectivity index (χ1) is 8.54. The molecule has 4 N–H and O–H groups in total. The zero-order valence-electron chi connectivity index (χ0n) is 10.3. The van der Waals surface area contributed by atoms with Gasteiger partial charge in [0.2, 0.25) is 5.91 Å².